The summed E-state index contributed by atoms with van der Waals surface area (Å²) in [5.41, 5.74) is 0. The molecule has 4 fully saturated rings. The molecule has 2 bridgehead atoms. The topological polar surface area (TPSA) is 18.5 Å². The van der Waals surface area contributed by atoms with Crippen LogP contribution in [0.25, 0.3) is 0 Å². The number of hydrogen-bond donors (Lipinski definition) is 1. The second-order valence-electron chi connectivity index (χ2n) is 7.16. The van der Waals surface area contributed by atoms with Gasteiger partial charge in [0.1, 0.15) is 0 Å². The highest BCUT2D eigenvalue weighted by molar-refractivity contribution is 5.06. The second kappa shape index (κ2) is 5.01. The summed E-state index contributed by atoms with van der Waals surface area (Å²) in [5.74, 6) is 0. The van der Waals surface area contributed by atoms with Crippen LogP contribution in [0.5, 0.6) is 0 Å². The van der Waals surface area contributed by atoms with Crippen LogP contribution < -0.4 is 5.32 Å². The number of nitrogens with one attached hydrogen (secondary N) is 1. The van der Waals surface area contributed by atoms with E-state index in [-0.39, 0.29) is 0 Å². The number of fused-ring (bicyclic) bond motifs is 3. The SMILES string of the molecule is CCNC1CC2CCC(C1)N2C1CCN2CCCC12. The van der Waals surface area contributed by atoms with Crippen LogP contribution in [0.2, 0.25) is 0 Å². The highest BCUT2D eigenvalue weighted by atomic mass is 15.3. The molecule has 4 atom stereocenters. The Labute approximate surface area is 117 Å². The van der Waals surface area contributed by atoms with Crippen molar-refractivity contribution in [2.45, 2.75) is 82.1 Å². The molecule has 0 amide bonds. The minimum absolute atomic E-state index is 0.805. The summed E-state index contributed by atoms with van der Waals surface area (Å²) in [4.78, 5) is 5.77. The molecule has 4 rings (SSSR count). The summed E-state index contributed by atoms with van der Waals surface area (Å²) in [6, 6.07) is 4.42. The third kappa shape index (κ3) is 2.05. The molecular formula is C16H29N3. The fourth-order valence-electron chi connectivity index (χ4n) is 5.61. The monoisotopic (exact) mass is 263 g/mol. The lowest BCUT2D eigenvalue weighted by molar-refractivity contribution is 0.0562. The van der Waals surface area contributed by atoms with Crippen LogP contribution in [0.15, 0.2) is 0 Å². The Hall–Kier alpha value is -0.120. The van der Waals surface area contributed by atoms with Gasteiger partial charge in [-0.2, -0.15) is 0 Å². The number of nitrogens with zero attached hydrogens (tertiary/aromatic N) is 2. The molecule has 4 aliphatic heterocycles. The molecule has 4 unspecified atom stereocenters. The molecule has 0 aromatic carbocycles. The molecule has 0 radical (unpaired) electrons. The molecule has 4 saturated heterocycles. The molecule has 0 saturated carbocycles. The van der Waals surface area contributed by atoms with Gasteiger partial charge in [0.15, 0.2) is 0 Å². The van der Waals surface area contributed by atoms with E-state index in [1.165, 1.54) is 58.0 Å². The fourth-order valence-corrected chi connectivity index (χ4v) is 5.61. The molecule has 0 aromatic heterocycles. The third-order valence-electron chi connectivity index (χ3n) is 6.24. The first-order chi connectivity index (χ1) is 9.36. The average molecular weight is 263 g/mol. The zero-order chi connectivity index (χ0) is 12.8. The van der Waals surface area contributed by atoms with Gasteiger partial charge in [-0.1, -0.05) is 6.92 Å². The first kappa shape index (κ1) is 12.6. The van der Waals surface area contributed by atoms with Crippen LogP contribution in [0.1, 0.15) is 51.9 Å². The fraction of sp³-hybridized carbons (Fsp3) is 1.00. The average Bonchev–Trinajstić information content (AvgIpc) is 3.04. The zero-order valence-corrected chi connectivity index (χ0v) is 12.4. The van der Waals surface area contributed by atoms with Crippen molar-refractivity contribution >= 4 is 0 Å². The summed E-state index contributed by atoms with van der Waals surface area (Å²) >= 11 is 0. The lowest BCUT2D eigenvalue weighted by Gasteiger charge is -2.44. The first-order valence-electron chi connectivity index (χ1n) is 8.61. The first-order valence-corrected chi connectivity index (χ1v) is 8.61. The summed E-state index contributed by atoms with van der Waals surface area (Å²) in [7, 11) is 0. The van der Waals surface area contributed by atoms with E-state index in [0.29, 0.717) is 0 Å². The molecule has 0 aromatic rings. The van der Waals surface area contributed by atoms with Crippen molar-refractivity contribution in [3.8, 4) is 0 Å². The van der Waals surface area contributed by atoms with Crippen molar-refractivity contribution in [3.05, 3.63) is 0 Å². The van der Waals surface area contributed by atoms with E-state index in [9.17, 15) is 0 Å². The van der Waals surface area contributed by atoms with Gasteiger partial charge in [-0.15, -0.1) is 0 Å². The van der Waals surface area contributed by atoms with Crippen molar-refractivity contribution in [2.24, 2.45) is 0 Å². The minimum Gasteiger partial charge on any atom is -0.314 e. The van der Waals surface area contributed by atoms with Crippen LogP contribution in [-0.4, -0.2) is 59.6 Å². The molecule has 19 heavy (non-hydrogen) atoms. The molecule has 4 aliphatic rings. The van der Waals surface area contributed by atoms with Crippen LogP contribution >= 0.6 is 0 Å². The maximum absolute atomic E-state index is 3.71. The molecule has 108 valence electrons. The van der Waals surface area contributed by atoms with Crippen molar-refractivity contribution in [3.63, 3.8) is 0 Å². The molecular weight excluding hydrogens is 234 g/mol. The van der Waals surface area contributed by atoms with Gasteiger partial charge in [0.25, 0.3) is 0 Å². The van der Waals surface area contributed by atoms with Crippen LogP contribution in [-0.2, 0) is 0 Å². The van der Waals surface area contributed by atoms with Gasteiger partial charge in [0.2, 0.25) is 0 Å². The Balaban J connectivity index is 1.48. The lowest BCUT2D eigenvalue weighted by Crippen LogP contribution is -2.55. The quantitative estimate of drug-likeness (QED) is 0.838. The van der Waals surface area contributed by atoms with Gasteiger partial charge in [-0.25, -0.2) is 0 Å². The summed E-state index contributed by atoms with van der Waals surface area (Å²) in [6.07, 6.45) is 10.1. The van der Waals surface area contributed by atoms with Gasteiger partial charge < -0.3 is 5.32 Å². The van der Waals surface area contributed by atoms with E-state index < -0.39 is 0 Å². The summed E-state index contributed by atoms with van der Waals surface area (Å²) < 4.78 is 0. The molecule has 3 heteroatoms. The second-order valence-corrected chi connectivity index (χ2v) is 7.16. The van der Waals surface area contributed by atoms with E-state index in [1.54, 1.807) is 0 Å². The van der Waals surface area contributed by atoms with Gasteiger partial charge in [-0.05, 0) is 58.0 Å². The Bertz CT molecular complexity index is 318. The number of piperidine rings is 1. The van der Waals surface area contributed by atoms with Crippen molar-refractivity contribution in [2.75, 3.05) is 19.6 Å². The smallest absolute Gasteiger partial charge is 0.0269 e. The normalized spacial score (nSPS) is 46.9. The maximum atomic E-state index is 3.71. The Kier molecular flexibility index (Phi) is 3.33. The van der Waals surface area contributed by atoms with Crippen LogP contribution in [0, 0.1) is 0 Å². The Morgan fingerprint density at radius 3 is 2.47 bits per heavy atom. The molecule has 1 N–H and O–H groups in total. The summed E-state index contributed by atoms with van der Waals surface area (Å²) in [5, 5.41) is 3.71. The predicted octanol–water partition coefficient (Wildman–Crippen LogP) is 1.83. The van der Waals surface area contributed by atoms with E-state index in [4.69, 9.17) is 0 Å². The van der Waals surface area contributed by atoms with E-state index in [1.807, 2.05) is 0 Å². The van der Waals surface area contributed by atoms with Crippen LogP contribution in [0.4, 0.5) is 0 Å². The summed E-state index contributed by atoms with van der Waals surface area (Å²) in [6.45, 7) is 6.15. The zero-order valence-electron chi connectivity index (χ0n) is 12.4. The van der Waals surface area contributed by atoms with Gasteiger partial charge in [-0.3, -0.25) is 9.80 Å². The van der Waals surface area contributed by atoms with Crippen LogP contribution in [0.3, 0.4) is 0 Å². The van der Waals surface area contributed by atoms with Crippen molar-refractivity contribution in [1.29, 1.82) is 0 Å². The van der Waals surface area contributed by atoms with Gasteiger partial charge >= 0.3 is 0 Å². The largest absolute Gasteiger partial charge is 0.314 e. The van der Waals surface area contributed by atoms with Crippen molar-refractivity contribution in [1.82, 2.24) is 15.1 Å². The van der Waals surface area contributed by atoms with E-state index >= 15 is 0 Å². The van der Waals surface area contributed by atoms with Crippen molar-refractivity contribution < 1.29 is 0 Å². The highest BCUT2D eigenvalue weighted by Crippen LogP contribution is 2.42. The predicted molar refractivity (Wildman–Crippen MR) is 78.3 cm³/mol. The highest BCUT2D eigenvalue weighted by Gasteiger charge is 2.49. The number of hydrogen-bond acceptors (Lipinski definition) is 3. The molecule has 0 aliphatic carbocycles. The minimum atomic E-state index is 0.805. The van der Waals surface area contributed by atoms with E-state index in [0.717, 1.165) is 36.8 Å². The molecule has 3 nitrogen and oxygen atoms in total. The van der Waals surface area contributed by atoms with E-state index in [2.05, 4.69) is 22.0 Å². The lowest BCUT2D eigenvalue weighted by atomic mass is 9.92. The Morgan fingerprint density at radius 2 is 1.74 bits per heavy atom. The maximum Gasteiger partial charge on any atom is 0.0269 e. The standard InChI is InChI=1S/C16H29N3/c1-2-17-12-10-13-5-6-14(11-12)19(13)16-7-9-18-8-3-4-15(16)18/h12-17H,2-11H2,1H3. The molecule has 0 spiro atoms. The third-order valence-corrected chi connectivity index (χ3v) is 6.24. The van der Waals surface area contributed by atoms with Gasteiger partial charge in [0.05, 0.1) is 0 Å². The molecule has 4 heterocycles. The Morgan fingerprint density at radius 1 is 0.947 bits per heavy atom. The number of rotatable bonds is 3. The van der Waals surface area contributed by atoms with Gasteiger partial charge in [0, 0.05) is 36.8 Å².